The molecular weight excluding hydrogens is 368 g/mol. The highest BCUT2D eigenvalue weighted by atomic mass is 35.5. The molecule has 2 heterocycles. The number of hydrogen-bond acceptors (Lipinski definition) is 2. The first-order valence-corrected chi connectivity index (χ1v) is 8.96. The van der Waals surface area contributed by atoms with E-state index in [-0.39, 0.29) is 11.3 Å². The Balaban J connectivity index is 2.14. The van der Waals surface area contributed by atoms with Gasteiger partial charge in [0.05, 0.1) is 21.9 Å². The maximum Gasteiger partial charge on any atom is 0.327 e. The molecule has 1 aliphatic heterocycles. The number of aromatic nitrogens is 2. The highest BCUT2D eigenvalue weighted by Gasteiger charge is 2.33. The molecule has 0 spiro atoms. The fourth-order valence-electron chi connectivity index (χ4n) is 3.36. The first-order valence-electron chi connectivity index (χ1n) is 8.58. The number of nitrogens with zero attached hydrogens (tertiary/aromatic N) is 3. The van der Waals surface area contributed by atoms with Gasteiger partial charge in [-0.2, -0.15) is 4.57 Å². The number of aliphatic imine (C=N–C) groups is 1. The van der Waals surface area contributed by atoms with Crippen LogP contribution < -0.4 is 4.57 Å². The van der Waals surface area contributed by atoms with Gasteiger partial charge in [-0.25, -0.2) is 8.78 Å². The van der Waals surface area contributed by atoms with E-state index in [0.29, 0.717) is 22.1 Å². The van der Waals surface area contributed by atoms with Crippen LogP contribution in [0.15, 0.2) is 47.7 Å². The number of fused-ring (bicyclic) bond motifs is 3. The van der Waals surface area contributed by atoms with Crippen molar-refractivity contribution < 1.29 is 13.3 Å². The minimum atomic E-state index is -0.676. The Kier molecular flexibility index (Phi) is 4.27. The second-order valence-corrected chi connectivity index (χ2v) is 7.08. The van der Waals surface area contributed by atoms with Crippen LogP contribution in [-0.4, -0.2) is 10.7 Å². The van der Waals surface area contributed by atoms with Crippen LogP contribution in [0.25, 0.3) is 5.69 Å². The summed E-state index contributed by atoms with van der Waals surface area (Å²) in [6.45, 7) is 5.63. The van der Waals surface area contributed by atoms with Gasteiger partial charge >= 0.3 is 5.82 Å². The largest absolute Gasteiger partial charge is 0.327 e. The Morgan fingerprint density at radius 1 is 1.04 bits per heavy atom. The molecule has 0 amide bonds. The van der Waals surface area contributed by atoms with Crippen molar-refractivity contribution in [2.24, 2.45) is 4.99 Å². The van der Waals surface area contributed by atoms with Gasteiger partial charge in [-0.3, -0.25) is 4.99 Å². The number of rotatable bonds is 1. The maximum atomic E-state index is 14.6. The van der Waals surface area contributed by atoms with E-state index < -0.39 is 17.7 Å². The summed E-state index contributed by atoms with van der Waals surface area (Å²) in [5.74, 6) is -0.678. The smallest absolute Gasteiger partial charge is 0.268 e. The molecule has 27 heavy (non-hydrogen) atoms. The van der Waals surface area contributed by atoms with E-state index in [1.54, 1.807) is 6.20 Å². The Bertz CT molecular complexity index is 1090. The minimum absolute atomic E-state index is 0.178. The number of aryl methyl sites for hydroxylation is 2. The van der Waals surface area contributed by atoms with E-state index in [4.69, 9.17) is 11.6 Å². The van der Waals surface area contributed by atoms with Crippen LogP contribution in [0.5, 0.6) is 0 Å². The lowest BCUT2D eigenvalue weighted by Gasteiger charge is -2.14. The molecule has 0 saturated carbocycles. The third-order valence-electron chi connectivity index (χ3n) is 4.69. The van der Waals surface area contributed by atoms with Gasteiger partial charge in [-0.15, -0.1) is 0 Å². The van der Waals surface area contributed by atoms with Crippen LogP contribution in [0.1, 0.15) is 41.0 Å². The maximum absolute atomic E-state index is 14.6. The van der Waals surface area contributed by atoms with Crippen LogP contribution >= 0.6 is 11.6 Å². The topological polar surface area (TPSA) is 29.1 Å². The van der Waals surface area contributed by atoms with E-state index in [1.165, 1.54) is 18.2 Å². The quantitative estimate of drug-likeness (QED) is 0.553. The molecule has 0 fully saturated rings. The van der Waals surface area contributed by atoms with Crippen molar-refractivity contribution in [1.29, 1.82) is 0 Å². The van der Waals surface area contributed by atoms with Crippen LogP contribution in [0.4, 0.5) is 8.78 Å². The lowest BCUT2D eigenvalue weighted by molar-refractivity contribution is -0.609. The summed E-state index contributed by atoms with van der Waals surface area (Å²) in [5, 5.41) is 0.419. The third kappa shape index (κ3) is 2.82. The van der Waals surface area contributed by atoms with Crippen LogP contribution in [-0.2, 0) is 0 Å². The van der Waals surface area contributed by atoms with Crippen molar-refractivity contribution in [3.05, 3.63) is 87.5 Å². The van der Waals surface area contributed by atoms with Gasteiger partial charge in [0, 0.05) is 5.56 Å². The molecule has 1 aromatic heterocycles. The molecule has 0 aliphatic carbocycles. The van der Waals surface area contributed by atoms with Gasteiger partial charge in [0.15, 0.2) is 6.04 Å². The Morgan fingerprint density at radius 2 is 1.74 bits per heavy atom. The standard InChI is InChI=1S/C21H17ClF2N3/c1-11-9-25-21-13(3)26-20(17-14(23)5-4-6-15(17)24)18-16(27(21)10-11)8-7-12(2)19(18)22/h4-10,13H,1-3H3/q+1/t13-/m0/s1. The molecule has 6 heteroatoms. The van der Waals surface area contributed by atoms with E-state index in [0.717, 1.165) is 11.1 Å². The van der Waals surface area contributed by atoms with Gasteiger partial charge in [0.25, 0.3) is 0 Å². The summed E-state index contributed by atoms with van der Waals surface area (Å²) in [6.07, 6.45) is 3.68. The van der Waals surface area contributed by atoms with E-state index in [9.17, 15) is 8.78 Å². The molecule has 0 N–H and O–H groups in total. The van der Waals surface area contributed by atoms with Gasteiger partial charge < -0.3 is 0 Å². The predicted molar refractivity (Wildman–Crippen MR) is 101 cm³/mol. The van der Waals surface area contributed by atoms with Crippen molar-refractivity contribution in [1.82, 2.24) is 4.98 Å². The molecule has 4 rings (SSSR count). The zero-order chi connectivity index (χ0) is 19.3. The fraction of sp³-hybridized carbons (Fsp3) is 0.190. The molecule has 2 aromatic carbocycles. The summed E-state index contributed by atoms with van der Waals surface area (Å²) in [7, 11) is 0. The van der Waals surface area contributed by atoms with Crippen LogP contribution in [0, 0.1) is 25.5 Å². The summed E-state index contributed by atoms with van der Waals surface area (Å²) in [5.41, 5.74) is 2.98. The molecule has 136 valence electrons. The monoisotopic (exact) mass is 384 g/mol. The highest BCUT2D eigenvalue weighted by molar-refractivity contribution is 6.36. The lowest BCUT2D eigenvalue weighted by atomic mass is 9.97. The average molecular weight is 385 g/mol. The van der Waals surface area contributed by atoms with E-state index in [2.05, 4.69) is 9.98 Å². The Morgan fingerprint density at radius 3 is 2.44 bits per heavy atom. The Hall–Kier alpha value is -2.66. The molecule has 1 aliphatic rings. The van der Waals surface area contributed by atoms with Crippen molar-refractivity contribution >= 4 is 17.3 Å². The van der Waals surface area contributed by atoms with Gasteiger partial charge in [-0.1, -0.05) is 28.7 Å². The van der Waals surface area contributed by atoms with Gasteiger partial charge in [-0.05, 0) is 44.5 Å². The number of halogens is 3. The SMILES string of the molecule is Cc1cnc2[n+](c1)-c1ccc(C)c(Cl)c1C(c1c(F)cccc1F)=N[C@H]2C. The molecule has 3 aromatic rings. The van der Waals surface area contributed by atoms with Crippen LogP contribution in [0.3, 0.4) is 0 Å². The molecule has 3 nitrogen and oxygen atoms in total. The first-order chi connectivity index (χ1) is 12.9. The molecular formula is C21H17ClF2N3+. The average Bonchev–Trinajstić information content (AvgIpc) is 2.73. The van der Waals surface area contributed by atoms with Gasteiger partial charge in [0.1, 0.15) is 29.7 Å². The predicted octanol–water partition coefficient (Wildman–Crippen LogP) is 4.82. The highest BCUT2D eigenvalue weighted by Crippen LogP contribution is 2.33. The van der Waals surface area contributed by atoms with Crippen molar-refractivity contribution in [2.75, 3.05) is 0 Å². The summed E-state index contributed by atoms with van der Waals surface area (Å²) in [4.78, 5) is 9.16. The second-order valence-electron chi connectivity index (χ2n) is 6.70. The molecule has 1 atom stereocenters. The van der Waals surface area contributed by atoms with E-state index in [1.807, 2.05) is 43.7 Å². The molecule has 0 unspecified atom stereocenters. The lowest BCUT2D eigenvalue weighted by Crippen LogP contribution is -2.38. The number of benzene rings is 2. The molecule has 0 bridgehead atoms. The van der Waals surface area contributed by atoms with E-state index >= 15 is 0 Å². The molecule has 0 radical (unpaired) electrons. The molecule has 0 saturated heterocycles. The van der Waals surface area contributed by atoms with Crippen molar-refractivity contribution in [2.45, 2.75) is 26.8 Å². The summed E-state index contributed by atoms with van der Waals surface area (Å²) < 4.78 is 31.2. The van der Waals surface area contributed by atoms with Gasteiger partial charge in [0.2, 0.25) is 0 Å². The minimum Gasteiger partial charge on any atom is -0.268 e. The van der Waals surface area contributed by atoms with Crippen molar-refractivity contribution in [3.8, 4) is 5.69 Å². The normalized spacial score (nSPS) is 15.6. The summed E-state index contributed by atoms with van der Waals surface area (Å²) in [6, 6.07) is 7.13. The summed E-state index contributed by atoms with van der Waals surface area (Å²) >= 11 is 6.63. The first kappa shape index (κ1) is 17.7. The zero-order valence-electron chi connectivity index (χ0n) is 15.1. The number of hydrogen-bond donors (Lipinski definition) is 0. The fourth-order valence-corrected chi connectivity index (χ4v) is 3.61. The van der Waals surface area contributed by atoms with Crippen molar-refractivity contribution in [3.63, 3.8) is 0 Å². The second kappa shape index (κ2) is 6.50. The Labute approximate surface area is 161 Å². The third-order valence-corrected chi connectivity index (χ3v) is 5.17. The van der Waals surface area contributed by atoms with Crippen LogP contribution in [0.2, 0.25) is 5.02 Å². The zero-order valence-corrected chi connectivity index (χ0v) is 15.9.